The van der Waals surface area contributed by atoms with Crippen molar-refractivity contribution in [2.75, 3.05) is 6.61 Å². The molecule has 3 rings (SSSR count). The van der Waals surface area contributed by atoms with Gasteiger partial charge in [-0.05, 0) is 42.5 Å². The number of carbonyl (C=O) groups is 1. The van der Waals surface area contributed by atoms with E-state index >= 15 is 0 Å². The molecule has 1 aliphatic heterocycles. The largest absolute Gasteiger partial charge is 0.512 e. The number of benzene rings is 1. The van der Waals surface area contributed by atoms with E-state index in [2.05, 4.69) is 5.16 Å². The first-order valence-electron chi connectivity index (χ1n) is 8.02. The summed E-state index contributed by atoms with van der Waals surface area (Å²) in [6.07, 6.45) is 3.23. The Labute approximate surface area is 149 Å². The number of oxime groups is 1. The smallest absolute Gasteiger partial charge is 0.204 e. The lowest BCUT2D eigenvalue weighted by Gasteiger charge is -2.13. The van der Waals surface area contributed by atoms with E-state index < -0.39 is 6.10 Å². The van der Waals surface area contributed by atoms with Gasteiger partial charge in [-0.15, -0.1) is 11.3 Å². The zero-order chi connectivity index (χ0) is 17.8. The Morgan fingerprint density at radius 3 is 2.96 bits per heavy atom. The molecule has 2 heterocycles. The van der Waals surface area contributed by atoms with Crippen LogP contribution in [0.1, 0.15) is 29.4 Å². The number of nitrogens with zero attached hydrogens (tertiary/aromatic N) is 1. The van der Waals surface area contributed by atoms with Crippen molar-refractivity contribution >= 4 is 33.4 Å². The van der Waals surface area contributed by atoms with Gasteiger partial charge in [-0.2, -0.15) is 0 Å². The van der Waals surface area contributed by atoms with E-state index in [1.54, 1.807) is 13.0 Å². The normalized spacial score (nSPS) is 25.0. The Balaban J connectivity index is 1.99. The summed E-state index contributed by atoms with van der Waals surface area (Å²) in [5.74, 6) is -0.0206. The van der Waals surface area contributed by atoms with Crippen molar-refractivity contribution in [2.24, 2.45) is 5.16 Å². The summed E-state index contributed by atoms with van der Waals surface area (Å²) in [6.45, 7) is 1.56. The van der Waals surface area contributed by atoms with Gasteiger partial charge >= 0.3 is 0 Å². The van der Waals surface area contributed by atoms with Gasteiger partial charge in [-0.3, -0.25) is 4.79 Å². The first kappa shape index (κ1) is 17.4. The number of Topliss-reactive ketones (excluding diaryl/α,β-unsaturated/α-hetero) is 1. The number of rotatable bonds is 3. The highest BCUT2D eigenvalue weighted by atomic mass is 32.1. The number of aliphatic hydroxyl groups is 2. The van der Waals surface area contributed by atoms with Crippen LogP contribution in [0.25, 0.3) is 10.1 Å². The molecule has 1 unspecified atom stereocenters. The van der Waals surface area contributed by atoms with Crippen LogP contribution in [0.2, 0.25) is 0 Å². The molecule has 0 bridgehead atoms. The Bertz CT molecular complexity index is 845. The van der Waals surface area contributed by atoms with Crippen LogP contribution in [0.3, 0.4) is 0 Å². The first-order chi connectivity index (χ1) is 12.1. The maximum Gasteiger partial charge on any atom is 0.204 e. The minimum Gasteiger partial charge on any atom is -0.512 e. The van der Waals surface area contributed by atoms with Crippen LogP contribution in [-0.2, 0) is 4.84 Å². The molecule has 1 aromatic carbocycles. The van der Waals surface area contributed by atoms with Gasteiger partial charge in [0.05, 0.1) is 23.5 Å². The van der Waals surface area contributed by atoms with Crippen molar-refractivity contribution in [3.8, 4) is 0 Å². The number of aliphatic hydroxyl groups excluding tert-OH is 2. The molecule has 0 radical (unpaired) electrons. The van der Waals surface area contributed by atoms with E-state index in [-0.39, 0.29) is 18.1 Å². The number of carbonyl (C=O) groups excluding carboxylic acids is 1. The molecule has 1 atom stereocenters. The Morgan fingerprint density at radius 2 is 2.20 bits per heavy atom. The third-order valence-electron chi connectivity index (χ3n) is 4.02. The molecule has 2 aromatic rings. The van der Waals surface area contributed by atoms with Gasteiger partial charge in [0.25, 0.3) is 0 Å². The van der Waals surface area contributed by atoms with Crippen molar-refractivity contribution < 1.29 is 19.8 Å². The second-order valence-corrected chi connectivity index (χ2v) is 6.98. The zero-order valence-corrected chi connectivity index (χ0v) is 14.6. The van der Waals surface area contributed by atoms with Crippen molar-refractivity contribution in [3.05, 3.63) is 58.2 Å². The minimum absolute atomic E-state index is 0.150. The van der Waals surface area contributed by atoms with Crippen LogP contribution >= 0.6 is 11.3 Å². The second-order valence-electron chi connectivity index (χ2n) is 5.89. The van der Waals surface area contributed by atoms with E-state index in [0.29, 0.717) is 28.9 Å². The summed E-state index contributed by atoms with van der Waals surface area (Å²) >= 11 is 1.42. The van der Waals surface area contributed by atoms with Crippen LogP contribution in [0.5, 0.6) is 0 Å². The molecule has 6 heteroatoms. The maximum atomic E-state index is 12.9. The topological polar surface area (TPSA) is 79.1 Å². The standard InChI is InChI=1S/C19H19NO4S/c1-12-8-14(22)6-7-15(11-21)24-20-10-16(12)19(23)18-9-13-4-2-3-5-17(13)25-18/h2-5,8-10,15,21-22H,6-7,11H2,1H3/b14-8+,16-12+,20-10-. The molecular weight excluding hydrogens is 338 g/mol. The zero-order valence-electron chi connectivity index (χ0n) is 13.8. The van der Waals surface area contributed by atoms with E-state index in [0.717, 1.165) is 10.1 Å². The molecule has 1 aliphatic rings. The van der Waals surface area contributed by atoms with E-state index in [1.807, 2.05) is 30.3 Å². The Hall–Kier alpha value is -2.44. The van der Waals surface area contributed by atoms with Gasteiger partial charge in [0.15, 0.2) is 6.10 Å². The van der Waals surface area contributed by atoms with Crippen molar-refractivity contribution in [2.45, 2.75) is 25.9 Å². The number of hydrogen-bond donors (Lipinski definition) is 2. The molecule has 0 aliphatic carbocycles. The highest BCUT2D eigenvalue weighted by molar-refractivity contribution is 7.21. The van der Waals surface area contributed by atoms with Crippen LogP contribution in [-0.4, -0.2) is 34.9 Å². The fourth-order valence-corrected chi connectivity index (χ4v) is 3.64. The molecular formula is C19H19NO4S. The summed E-state index contributed by atoms with van der Waals surface area (Å²) in [6, 6.07) is 9.66. The second kappa shape index (κ2) is 7.63. The molecule has 0 spiro atoms. The SMILES string of the molecule is CC1=C(C(=O)c2cc3ccccc3s2)/C=N\OC(CO)CC/C(O)=C\1. The fraction of sp³-hybridized carbons (Fsp3) is 0.263. The Morgan fingerprint density at radius 1 is 1.40 bits per heavy atom. The predicted octanol–water partition coefficient (Wildman–Crippen LogP) is 4.00. The number of ketones is 1. The molecule has 0 saturated heterocycles. The number of hydrogen-bond acceptors (Lipinski definition) is 6. The third-order valence-corrected chi connectivity index (χ3v) is 5.13. The summed E-state index contributed by atoms with van der Waals surface area (Å²) in [7, 11) is 0. The maximum absolute atomic E-state index is 12.9. The molecule has 130 valence electrons. The molecule has 25 heavy (non-hydrogen) atoms. The summed E-state index contributed by atoms with van der Waals surface area (Å²) < 4.78 is 1.04. The van der Waals surface area contributed by atoms with Crippen molar-refractivity contribution in [1.82, 2.24) is 0 Å². The van der Waals surface area contributed by atoms with Crippen LogP contribution < -0.4 is 0 Å². The van der Waals surface area contributed by atoms with Gasteiger partial charge in [0, 0.05) is 16.7 Å². The minimum atomic E-state index is -0.508. The van der Waals surface area contributed by atoms with Crippen molar-refractivity contribution in [1.29, 1.82) is 0 Å². The van der Waals surface area contributed by atoms with E-state index in [4.69, 9.17) is 4.84 Å². The molecule has 0 saturated carbocycles. The van der Waals surface area contributed by atoms with E-state index in [1.165, 1.54) is 17.6 Å². The molecule has 1 aromatic heterocycles. The van der Waals surface area contributed by atoms with Gasteiger partial charge in [0.2, 0.25) is 5.78 Å². The molecule has 5 nitrogen and oxygen atoms in total. The molecule has 2 N–H and O–H groups in total. The lowest BCUT2D eigenvalue weighted by Crippen LogP contribution is -2.16. The van der Waals surface area contributed by atoms with Gasteiger partial charge in [-0.1, -0.05) is 23.4 Å². The van der Waals surface area contributed by atoms with Gasteiger partial charge < -0.3 is 15.1 Å². The average molecular weight is 357 g/mol. The quantitative estimate of drug-likeness (QED) is 0.814. The number of allylic oxidation sites excluding steroid dienone is 4. The predicted molar refractivity (Wildman–Crippen MR) is 99.3 cm³/mol. The summed E-state index contributed by atoms with van der Waals surface area (Å²) in [5, 5.41) is 24.2. The lowest BCUT2D eigenvalue weighted by atomic mass is 10.0. The van der Waals surface area contributed by atoms with Crippen LogP contribution in [0, 0.1) is 0 Å². The highest BCUT2D eigenvalue weighted by Crippen LogP contribution is 2.28. The molecule has 0 fully saturated rings. The highest BCUT2D eigenvalue weighted by Gasteiger charge is 2.18. The first-order valence-corrected chi connectivity index (χ1v) is 8.84. The number of fused-ring (bicyclic) bond motifs is 1. The fourth-order valence-electron chi connectivity index (χ4n) is 2.62. The average Bonchev–Trinajstić information content (AvgIpc) is 3.04. The molecule has 0 amide bonds. The lowest BCUT2D eigenvalue weighted by molar-refractivity contribution is 0.0112. The van der Waals surface area contributed by atoms with Crippen LogP contribution in [0.4, 0.5) is 0 Å². The van der Waals surface area contributed by atoms with Crippen LogP contribution in [0.15, 0.2) is 58.5 Å². The van der Waals surface area contributed by atoms with E-state index in [9.17, 15) is 15.0 Å². The van der Waals surface area contributed by atoms with Crippen molar-refractivity contribution in [3.63, 3.8) is 0 Å². The summed E-state index contributed by atoms with van der Waals surface area (Å²) in [4.78, 5) is 18.8. The van der Waals surface area contributed by atoms with Gasteiger partial charge in [-0.25, -0.2) is 0 Å². The van der Waals surface area contributed by atoms with Gasteiger partial charge in [0.1, 0.15) is 0 Å². The Kier molecular flexibility index (Phi) is 5.31. The number of thiophene rings is 1. The summed E-state index contributed by atoms with van der Waals surface area (Å²) in [5.41, 5.74) is 0.978. The monoisotopic (exact) mass is 357 g/mol. The third kappa shape index (κ3) is 3.97.